The molecule has 2 unspecified atom stereocenters. The third kappa shape index (κ3) is 4.15. The molecule has 21 heavy (non-hydrogen) atoms. The topological polar surface area (TPSA) is 88.6 Å². The second-order valence-electron chi connectivity index (χ2n) is 5.62. The molecule has 1 aliphatic carbocycles. The molecule has 0 saturated heterocycles. The average molecular weight is 293 g/mol. The SMILES string of the molecule is CN(CC(=O)NC(=O)c1ccco1)C1CCCCC1CN. The zero-order valence-corrected chi connectivity index (χ0v) is 12.4. The van der Waals surface area contributed by atoms with E-state index in [9.17, 15) is 9.59 Å². The Hall–Kier alpha value is -1.66. The van der Waals surface area contributed by atoms with Crippen LogP contribution >= 0.6 is 0 Å². The number of nitrogens with one attached hydrogen (secondary N) is 1. The molecular weight excluding hydrogens is 270 g/mol. The van der Waals surface area contributed by atoms with Gasteiger partial charge >= 0.3 is 0 Å². The number of carbonyl (C=O) groups is 2. The van der Waals surface area contributed by atoms with E-state index in [-0.39, 0.29) is 18.2 Å². The molecular formula is C15H23N3O3. The van der Waals surface area contributed by atoms with Gasteiger partial charge in [-0.05, 0) is 44.5 Å². The van der Waals surface area contributed by atoms with Crippen LogP contribution in [0.3, 0.4) is 0 Å². The van der Waals surface area contributed by atoms with E-state index in [4.69, 9.17) is 10.2 Å². The van der Waals surface area contributed by atoms with Crippen molar-refractivity contribution in [3.63, 3.8) is 0 Å². The molecule has 0 bridgehead atoms. The first-order valence-electron chi connectivity index (χ1n) is 7.39. The van der Waals surface area contributed by atoms with Crippen molar-refractivity contribution in [1.82, 2.24) is 10.2 Å². The first-order chi connectivity index (χ1) is 10.1. The summed E-state index contributed by atoms with van der Waals surface area (Å²) in [6, 6.07) is 3.45. The van der Waals surface area contributed by atoms with Crippen LogP contribution in [-0.4, -0.2) is 42.9 Å². The molecule has 2 amide bonds. The Morgan fingerprint density at radius 2 is 2.19 bits per heavy atom. The highest BCUT2D eigenvalue weighted by atomic mass is 16.3. The highest BCUT2D eigenvalue weighted by Crippen LogP contribution is 2.26. The van der Waals surface area contributed by atoms with Crippen LogP contribution in [0.1, 0.15) is 36.2 Å². The van der Waals surface area contributed by atoms with Crippen LogP contribution in [0.15, 0.2) is 22.8 Å². The lowest BCUT2D eigenvalue weighted by atomic mass is 9.84. The lowest BCUT2D eigenvalue weighted by Crippen LogP contribution is -2.47. The molecule has 0 radical (unpaired) electrons. The maximum absolute atomic E-state index is 12.0. The number of nitrogens with zero attached hydrogens (tertiary/aromatic N) is 1. The monoisotopic (exact) mass is 293 g/mol. The molecule has 2 rings (SSSR count). The summed E-state index contributed by atoms with van der Waals surface area (Å²) < 4.78 is 4.96. The van der Waals surface area contributed by atoms with Crippen molar-refractivity contribution in [2.75, 3.05) is 20.1 Å². The van der Waals surface area contributed by atoms with Crippen LogP contribution in [0.4, 0.5) is 0 Å². The van der Waals surface area contributed by atoms with Crippen LogP contribution in [-0.2, 0) is 4.79 Å². The average Bonchev–Trinajstić information content (AvgIpc) is 3.01. The lowest BCUT2D eigenvalue weighted by Gasteiger charge is -2.37. The number of hydrogen-bond acceptors (Lipinski definition) is 5. The number of furan rings is 1. The third-order valence-corrected chi connectivity index (χ3v) is 4.13. The predicted octanol–water partition coefficient (Wildman–Crippen LogP) is 0.985. The minimum Gasteiger partial charge on any atom is -0.459 e. The Labute approximate surface area is 124 Å². The van der Waals surface area contributed by atoms with E-state index in [1.807, 2.05) is 11.9 Å². The van der Waals surface area contributed by atoms with Gasteiger partial charge < -0.3 is 10.2 Å². The van der Waals surface area contributed by atoms with Gasteiger partial charge in [0, 0.05) is 6.04 Å². The Morgan fingerprint density at radius 3 is 2.86 bits per heavy atom. The summed E-state index contributed by atoms with van der Waals surface area (Å²) in [5, 5.41) is 2.34. The van der Waals surface area contributed by atoms with Gasteiger partial charge in [-0.1, -0.05) is 12.8 Å². The fraction of sp³-hybridized carbons (Fsp3) is 0.600. The van der Waals surface area contributed by atoms with Gasteiger partial charge in [0.2, 0.25) is 5.91 Å². The highest BCUT2D eigenvalue weighted by Gasteiger charge is 2.28. The summed E-state index contributed by atoms with van der Waals surface area (Å²) in [7, 11) is 1.91. The van der Waals surface area contributed by atoms with Crippen molar-refractivity contribution in [3.05, 3.63) is 24.2 Å². The van der Waals surface area contributed by atoms with Crippen molar-refractivity contribution in [3.8, 4) is 0 Å². The molecule has 0 aliphatic heterocycles. The number of amides is 2. The second kappa shape index (κ2) is 7.38. The van der Waals surface area contributed by atoms with Crippen LogP contribution < -0.4 is 11.1 Å². The summed E-state index contributed by atoms with van der Waals surface area (Å²) in [5.74, 6) is -0.251. The first-order valence-corrected chi connectivity index (χ1v) is 7.39. The molecule has 2 atom stereocenters. The predicted molar refractivity (Wildman–Crippen MR) is 78.6 cm³/mol. The molecule has 1 heterocycles. The van der Waals surface area contributed by atoms with Gasteiger partial charge in [0.1, 0.15) is 0 Å². The van der Waals surface area contributed by atoms with Crippen LogP contribution in [0.25, 0.3) is 0 Å². The molecule has 6 heteroatoms. The quantitative estimate of drug-likeness (QED) is 0.845. The van der Waals surface area contributed by atoms with E-state index in [0.717, 1.165) is 12.8 Å². The Balaban J connectivity index is 1.85. The second-order valence-corrected chi connectivity index (χ2v) is 5.62. The van der Waals surface area contributed by atoms with Crippen molar-refractivity contribution in [2.45, 2.75) is 31.7 Å². The van der Waals surface area contributed by atoms with E-state index in [1.165, 1.54) is 25.2 Å². The zero-order chi connectivity index (χ0) is 15.2. The molecule has 116 valence electrons. The first kappa shape index (κ1) is 15.7. The van der Waals surface area contributed by atoms with Crippen molar-refractivity contribution >= 4 is 11.8 Å². The molecule has 1 fully saturated rings. The molecule has 1 saturated carbocycles. The fourth-order valence-corrected chi connectivity index (χ4v) is 3.02. The van der Waals surface area contributed by atoms with E-state index in [1.54, 1.807) is 6.07 Å². The maximum atomic E-state index is 12.0. The van der Waals surface area contributed by atoms with E-state index in [0.29, 0.717) is 18.5 Å². The number of nitrogens with two attached hydrogens (primary N) is 1. The van der Waals surface area contributed by atoms with Gasteiger partial charge in [0.05, 0.1) is 12.8 Å². The van der Waals surface area contributed by atoms with Crippen molar-refractivity contribution in [1.29, 1.82) is 0 Å². The number of likely N-dealkylation sites (N-methyl/N-ethyl adjacent to an activating group) is 1. The maximum Gasteiger partial charge on any atom is 0.293 e. The van der Waals surface area contributed by atoms with Crippen LogP contribution in [0.5, 0.6) is 0 Å². The smallest absolute Gasteiger partial charge is 0.293 e. The van der Waals surface area contributed by atoms with Crippen molar-refractivity contribution < 1.29 is 14.0 Å². The molecule has 3 N–H and O–H groups in total. The largest absolute Gasteiger partial charge is 0.459 e. The molecule has 1 aliphatic rings. The highest BCUT2D eigenvalue weighted by molar-refractivity contribution is 6.03. The summed E-state index contributed by atoms with van der Waals surface area (Å²) in [6.07, 6.45) is 5.93. The van der Waals surface area contributed by atoms with E-state index < -0.39 is 5.91 Å². The molecule has 1 aromatic rings. The molecule has 6 nitrogen and oxygen atoms in total. The number of carbonyl (C=O) groups excluding carboxylic acids is 2. The van der Waals surface area contributed by atoms with Gasteiger partial charge in [0.25, 0.3) is 5.91 Å². The Kier molecular flexibility index (Phi) is 5.52. The molecule has 1 aromatic heterocycles. The van der Waals surface area contributed by atoms with E-state index >= 15 is 0 Å². The number of rotatable bonds is 5. The number of imide groups is 1. The standard InChI is InChI=1S/C15H23N3O3/c1-18(12-6-3-2-5-11(12)9-16)10-14(19)17-15(20)13-7-4-8-21-13/h4,7-8,11-12H,2-3,5-6,9-10,16H2,1H3,(H,17,19,20). The summed E-state index contributed by atoms with van der Waals surface area (Å²) >= 11 is 0. The van der Waals surface area contributed by atoms with Gasteiger partial charge in [-0.25, -0.2) is 0 Å². The molecule has 0 aromatic carbocycles. The van der Waals surface area contributed by atoms with Gasteiger partial charge in [0.15, 0.2) is 5.76 Å². The summed E-state index contributed by atoms with van der Waals surface area (Å²) in [4.78, 5) is 25.7. The lowest BCUT2D eigenvalue weighted by molar-refractivity contribution is -0.121. The van der Waals surface area contributed by atoms with Crippen LogP contribution in [0, 0.1) is 5.92 Å². The summed E-state index contributed by atoms with van der Waals surface area (Å²) in [6.45, 7) is 0.829. The van der Waals surface area contributed by atoms with Crippen molar-refractivity contribution in [2.24, 2.45) is 11.7 Å². The number of hydrogen-bond donors (Lipinski definition) is 2. The third-order valence-electron chi connectivity index (χ3n) is 4.13. The summed E-state index contributed by atoms with van der Waals surface area (Å²) in [5.41, 5.74) is 5.81. The fourth-order valence-electron chi connectivity index (χ4n) is 3.02. The van der Waals surface area contributed by atoms with Crippen LogP contribution in [0.2, 0.25) is 0 Å². The Bertz CT molecular complexity index is 473. The van der Waals surface area contributed by atoms with Gasteiger partial charge in [-0.2, -0.15) is 0 Å². The molecule has 0 spiro atoms. The zero-order valence-electron chi connectivity index (χ0n) is 12.4. The van der Waals surface area contributed by atoms with Gasteiger partial charge in [-0.15, -0.1) is 0 Å². The van der Waals surface area contributed by atoms with Gasteiger partial charge in [-0.3, -0.25) is 19.8 Å². The normalized spacial score (nSPS) is 22.2. The Morgan fingerprint density at radius 1 is 1.43 bits per heavy atom. The van der Waals surface area contributed by atoms with E-state index in [2.05, 4.69) is 5.32 Å². The minimum atomic E-state index is -0.502. The minimum absolute atomic E-state index is 0.142.